The highest BCUT2D eigenvalue weighted by molar-refractivity contribution is 5.90. The summed E-state index contributed by atoms with van der Waals surface area (Å²) in [7, 11) is 0. The Labute approximate surface area is 109 Å². The van der Waals surface area contributed by atoms with Crippen molar-refractivity contribution in [3.05, 3.63) is 18.2 Å². The Kier molecular flexibility index (Phi) is 3.61. The molecule has 0 unspecified atom stereocenters. The number of hydrogen-bond donors (Lipinski definition) is 3. The minimum Gasteiger partial charge on any atom is -0.407 e. The first-order chi connectivity index (χ1) is 8.98. The summed E-state index contributed by atoms with van der Waals surface area (Å²) in [6, 6.07) is 0. The fourth-order valence-electron chi connectivity index (χ4n) is 1.69. The molecule has 0 bridgehead atoms. The molecular formula is C11H14N4O4. The van der Waals surface area contributed by atoms with Gasteiger partial charge in [0.1, 0.15) is 0 Å². The van der Waals surface area contributed by atoms with Gasteiger partial charge in [0.05, 0.1) is 18.0 Å². The summed E-state index contributed by atoms with van der Waals surface area (Å²) >= 11 is 0. The van der Waals surface area contributed by atoms with Crippen molar-refractivity contribution in [1.29, 1.82) is 0 Å². The standard InChI is InChI=1S/C11H14N4O4/c12-10(17)19-7-4-13-8(14-5-7)9(16)15-6-11(18)2-1-3-11/h4-5,18H,1-3,6H2,(H2,12,17)(H,15,16). The molecule has 8 heteroatoms. The maximum atomic E-state index is 11.7. The zero-order valence-electron chi connectivity index (χ0n) is 10.1. The van der Waals surface area contributed by atoms with Crippen LogP contribution in [0.3, 0.4) is 0 Å². The molecule has 1 fully saturated rings. The molecule has 2 rings (SSSR count). The van der Waals surface area contributed by atoms with Crippen molar-refractivity contribution in [1.82, 2.24) is 15.3 Å². The molecule has 0 atom stereocenters. The zero-order chi connectivity index (χ0) is 13.9. The van der Waals surface area contributed by atoms with Crippen molar-refractivity contribution in [2.24, 2.45) is 5.73 Å². The van der Waals surface area contributed by atoms with Gasteiger partial charge in [0.15, 0.2) is 5.75 Å². The number of amides is 2. The molecule has 1 aromatic heterocycles. The first-order valence-corrected chi connectivity index (χ1v) is 5.78. The molecule has 1 aliphatic carbocycles. The maximum absolute atomic E-state index is 11.7. The third-order valence-electron chi connectivity index (χ3n) is 2.91. The number of hydrogen-bond acceptors (Lipinski definition) is 6. The summed E-state index contributed by atoms with van der Waals surface area (Å²) in [6.45, 7) is 0.175. The van der Waals surface area contributed by atoms with E-state index < -0.39 is 17.6 Å². The van der Waals surface area contributed by atoms with Crippen LogP contribution in [-0.2, 0) is 0 Å². The average molecular weight is 266 g/mol. The van der Waals surface area contributed by atoms with E-state index in [1.165, 1.54) is 12.4 Å². The van der Waals surface area contributed by atoms with E-state index in [-0.39, 0.29) is 18.1 Å². The highest BCUT2D eigenvalue weighted by Crippen LogP contribution is 2.30. The van der Waals surface area contributed by atoms with E-state index in [4.69, 9.17) is 5.73 Å². The quantitative estimate of drug-likeness (QED) is 0.679. The number of ether oxygens (including phenoxy) is 1. The molecule has 8 nitrogen and oxygen atoms in total. The van der Waals surface area contributed by atoms with E-state index in [9.17, 15) is 14.7 Å². The maximum Gasteiger partial charge on any atom is 0.410 e. The van der Waals surface area contributed by atoms with Gasteiger partial charge < -0.3 is 20.9 Å². The van der Waals surface area contributed by atoms with E-state index in [0.29, 0.717) is 12.8 Å². The first kappa shape index (κ1) is 13.2. The minimum atomic E-state index is -0.979. The Hall–Kier alpha value is -2.22. The Balaban J connectivity index is 1.90. The molecule has 0 aliphatic heterocycles. The van der Waals surface area contributed by atoms with Crippen molar-refractivity contribution in [3.63, 3.8) is 0 Å². The number of carbonyl (C=O) groups is 2. The molecule has 1 aliphatic rings. The number of aromatic nitrogens is 2. The highest BCUT2D eigenvalue weighted by Gasteiger charge is 2.34. The second-order valence-electron chi connectivity index (χ2n) is 4.42. The van der Waals surface area contributed by atoms with Crippen LogP contribution in [0.15, 0.2) is 12.4 Å². The molecule has 19 heavy (non-hydrogen) atoms. The van der Waals surface area contributed by atoms with E-state index >= 15 is 0 Å². The van der Waals surface area contributed by atoms with Crippen molar-refractivity contribution >= 4 is 12.0 Å². The predicted molar refractivity (Wildman–Crippen MR) is 63.4 cm³/mol. The number of nitrogens with zero attached hydrogens (tertiary/aromatic N) is 2. The van der Waals surface area contributed by atoms with Crippen LogP contribution < -0.4 is 15.8 Å². The van der Waals surface area contributed by atoms with Crippen LogP contribution in [0.1, 0.15) is 29.9 Å². The molecule has 1 saturated carbocycles. The van der Waals surface area contributed by atoms with Crippen LogP contribution in [0.4, 0.5) is 4.79 Å². The van der Waals surface area contributed by atoms with Gasteiger partial charge in [0, 0.05) is 6.54 Å². The number of carbonyl (C=O) groups excluding carboxylic acids is 2. The van der Waals surface area contributed by atoms with E-state index in [0.717, 1.165) is 6.42 Å². The van der Waals surface area contributed by atoms with Crippen molar-refractivity contribution in [2.45, 2.75) is 24.9 Å². The lowest BCUT2D eigenvalue weighted by Crippen LogP contribution is -2.48. The number of nitrogens with one attached hydrogen (secondary N) is 1. The smallest absolute Gasteiger partial charge is 0.407 e. The highest BCUT2D eigenvalue weighted by atomic mass is 16.5. The molecule has 1 aromatic rings. The summed E-state index contributed by atoms with van der Waals surface area (Å²) in [6.07, 6.45) is 3.68. The lowest BCUT2D eigenvalue weighted by Gasteiger charge is -2.36. The van der Waals surface area contributed by atoms with Gasteiger partial charge in [-0.15, -0.1) is 0 Å². The second kappa shape index (κ2) is 5.19. The molecule has 0 spiro atoms. The normalized spacial score (nSPS) is 16.3. The summed E-state index contributed by atoms with van der Waals surface area (Å²) < 4.78 is 4.53. The van der Waals surface area contributed by atoms with Crippen LogP contribution in [-0.4, -0.2) is 39.2 Å². The Bertz CT molecular complexity index is 484. The van der Waals surface area contributed by atoms with Crippen molar-refractivity contribution in [3.8, 4) is 5.75 Å². The average Bonchev–Trinajstić information content (AvgIpc) is 2.34. The van der Waals surface area contributed by atoms with Crippen LogP contribution in [0.25, 0.3) is 0 Å². The Morgan fingerprint density at radius 1 is 1.42 bits per heavy atom. The minimum absolute atomic E-state index is 0.0571. The van der Waals surface area contributed by atoms with E-state index in [2.05, 4.69) is 20.0 Å². The zero-order valence-corrected chi connectivity index (χ0v) is 10.1. The van der Waals surface area contributed by atoms with E-state index in [1.54, 1.807) is 0 Å². The molecule has 0 saturated heterocycles. The first-order valence-electron chi connectivity index (χ1n) is 5.78. The SMILES string of the molecule is NC(=O)Oc1cnc(C(=O)NCC2(O)CCC2)nc1. The van der Waals surface area contributed by atoms with Gasteiger partial charge in [-0.05, 0) is 19.3 Å². The number of primary amides is 1. The molecule has 0 radical (unpaired) electrons. The van der Waals surface area contributed by atoms with Gasteiger partial charge in [-0.1, -0.05) is 0 Å². The van der Waals surface area contributed by atoms with Gasteiger partial charge in [-0.2, -0.15) is 0 Å². The largest absolute Gasteiger partial charge is 0.410 e. The third-order valence-corrected chi connectivity index (χ3v) is 2.91. The van der Waals surface area contributed by atoms with Gasteiger partial charge in [0.25, 0.3) is 5.91 Å². The number of aliphatic hydroxyl groups is 1. The van der Waals surface area contributed by atoms with E-state index in [1.807, 2.05) is 0 Å². The molecular weight excluding hydrogens is 252 g/mol. The second-order valence-corrected chi connectivity index (χ2v) is 4.42. The molecule has 0 aromatic carbocycles. The van der Waals surface area contributed by atoms with Gasteiger partial charge in [0.2, 0.25) is 5.82 Å². The topological polar surface area (TPSA) is 127 Å². The summed E-state index contributed by atoms with van der Waals surface area (Å²) in [5.41, 5.74) is 4.01. The summed E-state index contributed by atoms with van der Waals surface area (Å²) in [5, 5.41) is 12.4. The summed E-state index contributed by atoms with van der Waals surface area (Å²) in [5.74, 6) is -0.507. The molecule has 102 valence electrons. The van der Waals surface area contributed by atoms with Crippen LogP contribution in [0, 0.1) is 0 Å². The van der Waals surface area contributed by atoms with Gasteiger partial charge in [-0.25, -0.2) is 14.8 Å². The van der Waals surface area contributed by atoms with Crippen LogP contribution in [0.5, 0.6) is 5.75 Å². The van der Waals surface area contributed by atoms with Gasteiger partial charge >= 0.3 is 6.09 Å². The number of rotatable bonds is 4. The molecule has 4 N–H and O–H groups in total. The number of nitrogens with two attached hydrogens (primary N) is 1. The summed E-state index contributed by atoms with van der Waals surface area (Å²) in [4.78, 5) is 29.6. The van der Waals surface area contributed by atoms with Crippen LogP contribution in [0.2, 0.25) is 0 Å². The lowest BCUT2D eigenvalue weighted by atomic mass is 9.80. The van der Waals surface area contributed by atoms with Crippen molar-refractivity contribution in [2.75, 3.05) is 6.54 Å². The fourth-order valence-corrected chi connectivity index (χ4v) is 1.69. The molecule has 2 amide bonds. The predicted octanol–water partition coefficient (Wildman–Crippen LogP) is -0.421. The molecule has 1 heterocycles. The van der Waals surface area contributed by atoms with Crippen LogP contribution >= 0.6 is 0 Å². The van der Waals surface area contributed by atoms with Gasteiger partial charge in [-0.3, -0.25) is 4.79 Å². The fraction of sp³-hybridized carbons (Fsp3) is 0.455. The third kappa shape index (κ3) is 3.38. The lowest BCUT2D eigenvalue weighted by molar-refractivity contribution is -0.0301. The monoisotopic (exact) mass is 266 g/mol. The van der Waals surface area contributed by atoms with Crippen molar-refractivity contribution < 1.29 is 19.4 Å². The Morgan fingerprint density at radius 2 is 2.05 bits per heavy atom. The Morgan fingerprint density at radius 3 is 2.53 bits per heavy atom.